The predicted octanol–water partition coefficient (Wildman–Crippen LogP) is 5.38. The predicted molar refractivity (Wildman–Crippen MR) is 115 cm³/mol. The second-order valence-corrected chi connectivity index (χ2v) is 10.4. The lowest BCUT2D eigenvalue weighted by atomic mass is 10.0. The van der Waals surface area contributed by atoms with Crippen LogP contribution in [-0.4, -0.2) is 24.5 Å². The molecule has 29 heavy (non-hydrogen) atoms. The van der Waals surface area contributed by atoms with Gasteiger partial charge in [-0.25, -0.2) is 0 Å². The fourth-order valence-corrected chi connectivity index (χ4v) is 3.25. The average Bonchev–Trinajstić information content (AvgIpc) is 2.68. The van der Waals surface area contributed by atoms with E-state index in [-0.39, 0.29) is 17.1 Å². The summed E-state index contributed by atoms with van der Waals surface area (Å²) in [6.07, 6.45) is 1.30. The third-order valence-corrected chi connectivity index (χ3v) is 7.27. The van der Waals surface area contributed by atoms with Crippen molar-refractivity contribution in [2.45, 2.75) is 64.7 Å². The van der Waals surface area contributed by atoms with Crippen molar-refractivity contribution in [1.29, 1.82) is 0 Å². The molecule has 0 amide bonds. The van der Waals surface area contributed by atoms with Gasteiger partial charge >= 0.3 is 10.1 Å². The Hall–Kier alpha value is -2.34. The lowest BCUT2D eigenvalue weighted by Crippen LogP contribution is -2.34. The molecule has 2 rings (SSSR count). The van der Waals surface area contributed by atoms with Crippen molar-refractivity contribution in [1.82, 2.24) is 0 Å². The van der Waals surface area contributed by atoms with E-state index in [1.165, 1.54) is 12.1 Å². The second-order valence-electron chi connectivity index (χ2n) is 8.24. The van der Waals surface area contributed by atoms with Crippen LogP contribution < -0.4 is 8.92 Å². The van der Waals surface area contributed by atoms with Crippen LogP contribution in [-0.2, 0) is 10.1 Å². The van der Waals surface area contributed by atoms with Crippen molar-refractivity contribution in [2.24, 2.45) is 0 Å². The summed E-state index contributed by atoms with van der Waals surface area (Å²) in [5, 5.41) is 0. The molecule has 0 saturated carbocycles. The Morgan fingerprint density at radius 1 is 0.793 bits per heavy atom. The van der Waals surface area contributed by atoms with E-state index >= 15 is 0 Å². The molecule has 0 aliphatic rings. The van der Waals surface area contributed by atoms with E-state index in [2.05, 4.69) is 6.92 Å². The van der Waals surface area contributed by atoms with Gasteiger partial charge < -0.3 is 8.92 Å². The summed E-state index contributed by atoms with van der Waals surface area (Å²) in [6, 6.07) is 13.1. The standard InChI is InChI=1S/C23H30O5S/c1-7-22(3,4)27-19-13-9-17(10-14-19)21(24)18-11-15-20(16-12-18)28-29(25,26)23(5,6)8-2/h9-16H,7-8H2,1-6H3. The summed E-state index contributed by atoms with van der Waals surface area (Å²) in [5.41, 5.74) is 0.709. The van der Waals surface area contributed by atoms with Gasteiger partial charge in [-0.05, 0) is 89.1 Å². The Kier molecular flexibility index (Phi) is 6.78. The van der Waals surface area contributed by atoms with Crippen LogP contribution in [0.4, 0.5) is 0 Å². The zero-order chi connectivity index (χ0) is 21.9. The van der Waals surface area contributed by atoms with E-state index in [0.29, 0.717) is 23.3 Å². The Balaban J connectivity index is 2.13. The van der Waals surface area contributed by atoms with E-state index < -0.39 is 14.9 Å². The minimum absolute atomic E-state index is 0.158. The molecule has 0 radical (unpaired) electrons. The first kappa shape index (κ1) is 22.9. The SMILES string of the molecule is CCC(C)(C)Oc1ccc(C(=O)c2ccc(OS(=O)(=O)C(C)(C)CC)cc2)cc1. The molecule has 0 bridgehead atoms. The van der Waals surface area contributed by atoms with Crippen molar-refractivity contribution in [2.75, 3.05) is 0 Å². The number of benzene rings is 2. The molecule has 2 aromatic carbocycles. The molecule has 0 N–H and O–H groups in total. The molecule has 0 aromatic heterocycles. The summed E-state index contributed by atoms with van der Waals surface area (Å²) in [6.45, 7) is 11.1. The van der Waals surface area contributed by atoms with Gasteiger partial charge in [-0.3, -0.25) is 4.79 Å². The van der Waals surface area contributed by atoms with Gasteiger partial charge in [-0.15, -0.1) is 0 Å². The van der Waals surface area contributed by atoms with Gasteiger partial charge in [0.25, 0.3) is 0 Å². The maximum Gasteiger partial charge on any atom is 0.314 e. The van der Waals surface area contributed by atoms with Gasteiger partial charge in [0, 0.05) is 11.1 Å². The van der Waals surface area contributed by atoms with E-state index in [1.807, 2.05) is 13.8 Å². The molecule has 0 fully saturated rings. The highest BCUT2D eigenvalue weighted by atomic mass is 32.2. The zero-order valence-corrected chi connectivity index (χ0v) is 18.8. The fourth-order valence-electron chi connectivity index (χ4n) is 2.31. The lowest BCUT2D eigenvalue weighted by Gasteiger charge is -2.24. The van der Waals surface area contributed by atoms with Gasteiger partial charge in [0.2, 0.25) is 0 Å². The highest BCUT2D eigenvalue weighted by molar-refractivity contribution is 7.88. The van der Waals surface area contributed by atoms with Crippen LogP contribution in [0.3, 0.4) is 0 Å². The van der Waals surface area contributed by atoms with Crippen molar-refractivity contribution < 1.29 is 22.1 Å². The summed E-state index contributed by atoms with van der Waals surface area (Å²) in [4.78, 5) is 12.7. The van der Waals surface area contributed by atoms with Crippen LogP contribution >= 0.6 is 0 Å². The summed E-state index contributed by atoms with van der Waals surface area (Å²) in [7, 11) is -3.77. The number of ketones is 1. The minimum atomic E-state index is -3.77. The van der Waals surface area contributed by atoms with E-state index in [0.717, 1.165) is 6.42 Å². The Labute approximate surface area is 174 Å². The molecular formula is C23H30O5S. The van der Waals surface area contributed by atoms with Crippen LogP contribution in [0.15, 0.2) is 48.5 Å². The molecule has 5 nitrogen and oxygen atoms in total. The summed E-state index contributed by atoms with van der Waals surface area (Å²) in [5.74, 6) is 0.740. The van der Waals surface area contributed by atoms with Gasteiger partial charge in [-0.2, -0.15) is 8.42 Å². The van der Waals surface area contributed by atoms with Gasteiger partial charge in [0.15, 0.2) is 5.78 Å². The van der Waals surface area contributed by atoms with Crippen molar-refractivity contribution >= 4 is 15.9 Å². The first-order valence-corrected chi connectivity index (χ1v) is 11.2. The van der Waals surface area contributed by atoms with Crippen LogP contribution in [0.2, 0.25) is 0 Å². The molecule has 2 aromatic rings. The first-order chi connectivity index (χ1) is 13.4. The fraction of sp³-hybridized carbons (Fsp3) is 0.435. The third kappa shape index (κ3) is 5.60. The molecule has 158 valence electrons. The molecule has 0 atom stereocenters. The lowest BCUT2D eigenvalue weighted by molar-refractivity contribution is 0.103. The molecule has 0 aliphatic carbocycles. The molecule has 0 saturated heterocycles. The Morgan fingerprint density at radius 2 is 1.24 bits per heavy atom. The quantitative estimate of drug-likeness (QED) is 0.404. The Bertz CT molecular complexity index is 940. The minimum Gasteiger partial charge on any atom is -0.488 e. The second kappa shape index (κ2) is 8.57. The van der Waals surface area contributed by atoms with Crippen LogP contribution in [0.5, 0.6) is 11.5 Å². The van der Waals surface area contributed by atoms with Gasteiger partial charge in [0.05, 0.1) is 0 Å². The van der Waals surface area contributed by atoms with E-state index in [4.69, 9.17) is 8.92 Å². The smallest absolute Gasteiger partial charge is 0.314 e. The summed E-state index contributed by atoms with van der Waals surface area (Å²) >= 11 is 0. The molecule has 0 heterocycles. The maximum absolute atomic E-state index is 12.7. The molecule has 0 aliphatic heterocycles. The first-order valence-electron chi connectivity index (χ1n) is 9.78. The Morgan fingerprint density at radius 3 is 1.66 bits per heavy atom. The van der Waals surface area contributed by atoms with E-state index in [1.54, 1.807) is 57.2 Å². The van der Waals surface area contributed by atoms with Crippen molar-refractivity contribution in [3.63, 3.8) is 0 Å². The molecule has 6 heteroatoms. The van der Waals surface area contributed by atoms with Crippen molar-refractivity contribution in [3.05, 3.63) is 59.7 Å². The largest absolute Gasteiger partial charge is 0.488 e. The van der Waals surface area contributed by atoms with Crippen LogP contribution in [0, 0.1) is 0 Å². The number of hydrogen-bond acceptors (Lipinski definition) is 5. The third-order valence-electron chi connectivity index (χ3n) is 5.21. The summed E-state index contributed by atoms with van der Waals surface area (Å²) < 4.78 is 34.8. The van der Waals surface area contributed by atoms with Crippen LogP contribution in [0.1, 0.15) is 70.3 Å². The highest BCUT2D eigenvalue weighted by Crippen LogP contribution is 2.26. The average molecular weight is 419 g/mol. The maximum atomic E-state index is 12.7. The number of carbonyl (C=O) groups is 1. The molecule has 0 spiro atoms. The molecular weight excluding hydrogens is 388 g/mol. The van der Waals surface area contributed by atoms with Gasteiger partial charge in [-0.1, -0.05) is 13.8 Å². The van der Waals surface area contributed by atoms with E-state index in [9.17, 15) is 13.2 Å². The number of carbonyl (C=O) groups excluding carboxylic acids is 1. The normalized spacial score (nSPS) is 12.5. The monoisotopic (exact) mass is 418 g/mol. The topological polar surface area (TPSA) is 69.7 Å². The highest BCUT2D eigenvalue weighted by Gasteiger charge is 2.34. The molecule has 0 unspecified atom stereocenters. The number of rotatable bonds is 9. The van der Waals surface area contributed by atoms with Crippen LogP contribution in [0.25, 0.3) is 0 Å². The number of ether oxygens (including phenoxy) is 1. The number of hydrogen-bond donors (Lipinski definition) is 0. The zero-order valence-electron chi connectivity index (χ0n) is 18.0. The van der Waals surface area contributed by atoms with Gasteiger partial charge in [0.1, 0.15) is 21.8 Å². The van der Waals surface area contributed by atoms with Crippen molar-refractivity contribution in [3.8, 4) is 11.5 Å².